The number of amides is 2. The summed E-state index contributed by atoms with van der Waals surface area (Å²) >= 11 is 0. The Hall–Kier alpha value is -3.81. The van der Waals surface area contributed by atoms with Gasteiger partial charge in [0.15, 0.2) is 0 Å². The second kappa shape index (κ2) is 9.80. The van der Waals surface area contributed by atoms with Gasteiger partial charge in [0.1, 0.15) is 30.2 Å². The summed E-state index contributed by atoms with van der Waals surface area (Å²) in [6.45, 7) is 2.35. The maximum Gasteiger partial charge on any atom is 0.322 e. The third kappa shape index (κ3) is 5.85. The number of carbonyl (C=O) groups excluding carboxylic acids is 2. The quantitative estimate of drug-likeness (QED) is 0.560. The van der Waals surface area contributed by atoms with Gasteiger partial charge in [-0.15, -0.1) is 0 Å². The minimum atomic E-state index is -1.24. The smallest absolute Gasteiger partial charge is 0.322 e. The fourth-order valence-corrected chi connectivity index (χ4v) is 3.25. The molecule has 0 saturated carbocycles. The Morgan fingerprint density at radius 2 is 1.87 bits per heavy atom. The lowest BCUT2D eigenvalue weighted by molar-refractivity contribution is -0.138. The lowest BCUT2D eigenvalue weighted by atomic mass is 10.0. The number of hydrogen-bond donors (Lipinski definition) is 3. The van der Waals surface area contributed by atoms with E-state index in [0.717, 1.165) is 11.1 Å². The number of aliphatic hydroxyl groups excluding tert-OH is 1. The van der Waals surface area contributed by atoms with Crippen molar-refractivity contribution in [3.8, 4) is 5.75 Å². The zero-order valence-corrected chi connectivity index (χ0v) is 17.1. The van der Waals surface area contributed by atoms with Crippen LogP contribution in [-0.4, -0.2) is 46.0 Å². The molecule has 3 rings (SSSR count). The second-order valence-corrected chi connectivity index (χ2v) is 7.30. The van der Waals surface area contributed by atoms with Crippen LogP contribution in [-0.2, 0) is 27.5 Å². The zero-order valence-electron chi connectivity index (χ0n) is 17.1. The van der Waals surface area contributed by atoms with Crippen molar-refractivity contribution in [1.29, 1.82) is 0 Å². The highest BCUT2D eigenvalue weighted by Gasteiger charge is 2.32. The van der Waals surface area contributed by atoms with E-state index in [4.69, 9.17) is 9.84 Å². The first-order valence-corrected chi connectivity index (χ1v) is 9.82. The molecular weight excluding hydrogens is 400 g/mol. The van der Waals surface area contributed by atoms with Crippen LogP contribution in [0.15, 0.2) is 59.9 Å². The molecular formula is C23H24N2O6. The van der Waals surface area contributed by atoms with E-state index in [9.17, 15) is 19.5 Å². The number of hydrogen-bond acceptors (Lipinski definition) is 5. The molecule has 3 N–H and O–H groups in total. The van der Waals surface area contributed by atoms with Gasteiger partial charge in [-0.2, -0.15) is 0 Å². The molecule has 0 aliphatic carbocycles. The molecule has 1 aliphatic rings. The molecule has 0 atom stereocenters. The Balaban J connectivity index is 1.60. The zero-order chi connectivity index (χ0) is 22.4. The number of aliphatic hydroxyl groups is 1. The predicted octanol–water partition coefficient (Wildman–Crippen LogP) is 2.32. The molecule has 8 nitrogen and oxygen atoms in total. The summed E-state index contributed by atoms with van der Waals surface area (Å²) in [6, 6.07) is 15.4. The number of carboxylic acids is 1. The molecule has 2 amide bonds. The second-order valence-electron chi connectivity index (χ2n) is 7.30. The average Bonchev–Trinajstić information content (AvgIpc) is 2.74. The molecule has 1 heterocycles. The molecule has 0 radical (unpaired) electrons. The van der Waals surface area contributed by atoms with Crippen LogP contribution in [0.1, 0.15) is 23.1 Å². The van der Waals surface area contributed by atoms with Gasteiger partial charge in [-0.05, 0) is 30.2 Å². The molecule has 2 aromatic rings. The molecule has 0 aromatic heterocycles. The molecule has 8 heteroatoms. The number of benzene rings is 2. The summed E-state index contributed by atoms with van der Waals surface area (Å²) in [5.74, 6) is -2.40. The van der Waals surface area contributed by atoms with Gasteiger partial charge < -0.3 is 25.2 Å². The van der Waals surface area contributed by atoms with Gasteiger partial charge in [-0.25, -0.2) is 0 Å². The van der Waals surface area contributed by atoms with Crippen LogP contribution in [0.25, 0.3) is 0 Å². The van der Waals surface area contributed by atoms with E-state index in [2.05, 4.69) is 11.4 Å². The number of rotatable bonds is 8. The third-order valence-electron chi connectivity index (χ3n) is 4.82. The third-order valence-corrected chi connectivity index (χ3v) is 4.82. The van der Waals surface area contributed by atoms with E-state index in [1.165, 1.54) is 10.5 Å². The Morgan fingerprint density at radius 3 is 2.55 bits per heavy atom. The maximum atomic E-state index is 12.7. The van der Waals surface area contributed by atoms with Crippen LogP contribution in [0, 0.1) is 6.92 Å². The van der Waals surface area contributed by atoms with Gasteiger partial charge >= 0.3 is 5.97 Å². The van der Waals surface area contributed by atoms with Crippen molar-refractivity contribution in [3.05, 3.63) is 76.6 Å². The molecule has 0 unspecified atom stereocenters. The van der Waals surface area contributed by atoms with Crippen LogP contribution in [0.4, 0.5) is 0 Å². The molecule has 0 bridgehead atoms. The highest BCUT2D eigenvalue weighted by molar-refractivity contribution is 6.19. The number of carboxylic acid groups (broad SMARTS) is 1. The standard InChI is InChI=1S/C23H24N2O6/c1-15-3-2-4-17(11-15)14-31-18-7-5-16(6-8-18)13-25-10-9-19(26)21(23(25)30)22(29)24-12-20(27)28/h2-8,11,26H,9-10,12-14H2,1H3,(H,24,29)(H,27,28). The number of carbonyl (C=O) groups is 3. The van der Waals surface area contributed by atoms with Crippen molar-refractivity contribution in [2.24, 2.45) is 0 Å². The average molecular weight is 424 g/mol. The Morgan fingerprint density at radius 1 is 1.13 bits per heavy atom. The Kier molecular flexibility index (Phi) is 6.92. The number of nitrogens with zero attached hydrogens (tertiary/aromatic N) is 1. The van der Waals surface area contributed by atoms with Gasteiger partial charge in [-0.1, -0.05) is 42.0 Å². The van der Waals surface area contributed by atoms with E-state index in [-0.39, 0.29) is 25.3 Å². The van der Waals surface area contributed by atoms with Crippen molar-refractivity contribution in [3.63, 3.8) is 0 Å². The highest BCUT2D eigenvalue weighted by atomic mass is 16.5. The van der Waals surface area contributed by atoms with Gasteiger partial charge in [-0.3, -0.25) is 14.4 Å². The predicted molar refractivity (Wildman–Crippen MR) is 112 cm³/mol. The van der Waals surface area contributed by atoms with Crippen LogP contribution < -0.4 is 10.1 Å². The summed E-state index contributed by atoms with van der Waals surface area (Å²) in [7, 11) is 0. The molecule has 0 spiro atoms. The van der Waals surface area contributed by atoms with E-state index >= 15 is 0 Å². The van der Waals surface area contributed by atoms with E-state index in [1.54, 1.807) is 0 Å². The number of aryl methyl sites for hydroxylation is 1. The van der Waals surface area contributed by atoms with Gasteiger partial charge in [0.05, 0.1) is 0 Å². The molecule has 31 heavy (non-hydrogen) atoms. The molecule has 2 aromatic carbocycles. The summed E-state index contributed by atoms with van der Waals surface area (Å²) in [4.78, 5) is 36.8. The van der Waals surface area contributed by atoms with E-state index < -0.39 is 29.9 Å². The molecule has 0 saturated heterocycles. The largest absolute Gasteiger partial charge is 0.511 e. The fraction of sp³-hybridized carbons (Fsp3) is 0.261. The highest BCUT2D eigenvalue weighted by Crippen LogP contribution is 2.21. The maximum absolute atomic E-state index is 12.7. The summed E-state index contributed by atoms with van der Waals surface area (Å²) < 4.78 is 5.80. The van der Waals surface area contributed by atoms with Crippen LogP contribution in [0.2, 0.25) is 0 Å². The van der Waals surface area contributed by atoms with Crippen molar-refractivity contribution >= 4 is 17.8 Å². The van der Waals surface area contributed by atoms with Crippen molar-refractivity contribution in [1.82, 2.24) is 10.2 Å². The van der Waals surface area contributed by atoms with Crippen LogP contribution >= 0.6 is 0 Å². The fourth-order valence-electron chi connectivity index (χ4n) is 3.25. The number of ether oxygens (including phenoxy) is 1. The van der Waals surface area contributed by atoms with E-state index in [1.807, 2.05) is 49.4 Å². The van der Waals surface area contributed by atoms with Gasteiger partial charge in [0, 0.05) is 19.5 Å². The summed E-state index contributed by atoms with van der Waals surface area (Å²) in [6.07, 6.45) is 0.124. The summed E-state index contributed by atoms with van der Waals surface area (Å²) in [5.41, 5.74) is 2.66. The normalized spacial score (nSPS) is 13.8. The van der Waals surface area contributed by atoms with Crippen molar-refractivity contribution < 1.29 is 29.3 Å². The molecule has 1 aliphatic heterocycles. The minimum absolute atomic E-state index is 0.124. The van der Waals surface area contributed by atoms with Crippen LogP contribution in [0.5, 0.6) is 5.75 Å². The SMILES string of the molecule is Cc1cccc(COc2ccc(CN3CCC(O)=C(C(=O)NCC(=O)O)C3=O)cc2)c1. The molecule has 162 valence electrons. The first kappa shape index (κ1) is 21.9. The lowest BCUT2D eigenvalue weighted by Crippen LogP contribution is -2.43. The van der Waals surface area contributed by atoms with Crippen molar-refractivity contribution in [2.45, 2.75) is 26.5 Å². The molecule has 0 fully saturated rings. The number of aliphatic carboxylic acids is 1. The monoisotopic (exact) mass is 424 g/mol. The number of nitrogens with one attached hydrogen (secondary N) is 1. The first-order valence-electron chi connectivity index (χ1n) is 9.82. The van der Waals surface area contributed by atoms with Gasteiger partial charge in [0.25, 0.3) is 11.8 Å². The van der Waals surface area contributed by atoms with Crippen LogP contribution in [0.3, 0.4) is 0 Å². The summed E-state index contributed by atoms with van der Waals surface area (Å²) in [5, 5.41) is 20.8. The minimum Gasteiger partial charge on any atom is -0.511 e. The van der Waals surface area contributed by atoms with E-state index in [0.29, 0.717) is 12.4 Å². The van der Waals surface area contributed by atoms with Crippen molar-refractivity contribution in [2.75, 3.05) is 13.1 Å². The lowest BCUT2D eigenvalue weighted by Gasteiger charge is -2.28. The Bertz CT molecular complexity index is 1010. The first-order chi connectivity index (χ1) is 14.8. The van der Waals surface area contributed by atoms with Gasteiger partial charge in [0.2, 0.25) is 0 Å². The topological polar surface area (TPSA) is 116 Å². The Labute approximate surface area is 179 Å².